The zero-order chi connectivity index (χ0) is 10.7. The molecule has 2 saturated heterocycles. The Morgan fingerprint density at radius 3 is 2.93 bits per heavy atom. The second-order valence-corrected chi connectivity index (χ2v) is 5.19. The second-order valence-electron chi connectivity index (χ2n) is 5.19. The maximum Gasteiger partial charge on any atom is 0.0673 e. The Bertz CT molecular complexity index is 198. The molecule has 0 aliphatic carbocycles. The zero-order valence-corrected chi connectivity index (χ0v) is 10.0. The molecule has 0 aromatic rings. The van der Waals surface area contributed by atoms with Gasteiger partial charge in [0, 0.05) is 26.2 Å². The van der Waals surface area contributed by atoms with E-state index in [1.807, 2.05) is 0 Å². The topological polar surface area (TPSA) is 24.5 Å². The molecule has 3 nitrogen and oxygen atoms in total. The lowest BCUT2D eigenvalue weighted by molar-refractivity contribution is 0.0650. The van der Waals surface area contributed by atoms with Crippen LogP contribution in [0, 0.1) is 11.8 Å². The van der Waals surface area contributed by atoms with Crippen molar-refractivity contribution in [3.05, 3.63) is 0 Å². The highest BCUT2D eigenvalue weighted by Gasteiger charge is 2.26. The van der Waals surface area contributed by atoms with Gasteiger partial charge in [0.15, 0.2) is 0 Å². The molecule has 0 radical (unpaired) electrons. The Hall–Kier alpha value is -0.120. The van der Waals surface area contributed by atoms with Crippen LogP contribution in [0.3, 0.4) is 0 Å². The fourth-order valence-electron chi connectivity index (χ4n) is 2.69. The van der Waals surface area contributed by atoms with E-state index < -0.39 is 0 Å². The van der Waals surface area contributed by atoms with Crippen molar-refractivity contribution in [2.45, 2.75) is 26.4 Å². The van der Waals surface area contributed by atoms with Gasteiger partial charge in [-0.05, 0) is 38.3 Å². The summed E-state index contributed by atoms with van der Waals surface area (Å²) in [5.74, 6) is 1.68. The smallest absolute Gasteiger partial charge is 0.0673 e. The average molecular weight is 212 g/mol. The highest BCUT2D eigenvalue weighted by Crippen LogP contribution is 2.18. The van der Waals surface area contributed by atoms with E-state index in [1.165, 1.54) is 32.6 Å². The molecule has 0 spiro atoms. The van der Waals surface area contributed by atoms with E-state index in [0.29, 0.717) is 6.10 Å². The van der Waals surface area contributed by atoms with Gasteiger partial charge in [-0.15, -0.1) is 0 Å². The minimum atomic E-state index is 0.414. The van der Waals surface area contributed by atoms with E-state index in [2.05, 4.69) is 24.1 Å². The van der Waals surface area contributed by atoms with Gasteiger partial charge in [-0.25, -0.2) is 0 Å². The molecule has 2 aliphatic rings. The van der Waals surface area contributed by atoms with Crippen LogP contribution in [-0.4, -0.2) is 50.3 Å². The minimum absolute atomic E-state index is 0.414. The standard InChI is InChI=1S/C12H24N2O/c1-10-6-13-7-12(10)9-14-4-3-5-15-11(2)8-14/h10-13H,3-9H2,1-2H3/t10-,11?,12+/m1/s1. The molecule has 0 aromatic heterocycles. The molecule has 0 amide bonds. The maximum absolute atomic E-state index is 5.67. The molecule has 1 unspecified atom stereocenters. The van der Waals surface area contributed by atoms with Crippen molar-refractivity contribution in [3.63, 3.8) is 0 Å². The fourth-order valence-corrected chi connectivity index (χ4v) is 2.69. The van der Waals surface area contributed by atoms with Gasteiger partial charge in [0.25, 0.3) is 0 Å². The summed E-state index contributed by atoms with van der Waals surface area (Å²) in [5, 5.41) is 3.48. The average Bonchev–Trinajstić information content (AvgIpc) is 2.48. The maximum atomic E-state index is 5.67. The Labute approximate surface area is 93.2 Å². The summed E-state index contributed by atoms with van der Waals surface area (Å²) in [6.45, 7) is 11.5. The molecule has 0 bridgehead atoms. The van der Waals surface area contributed by atoms with Gasteiger partial charge in [0.05, 0.1) is 6.10 Å². The number of hydrogen-bond donors (Lipinski definition) is 1. The highest BCUT2D eigenvalue weighted by molar-refractivity contribution is 4.81. The number of ether oxygens (including phenoxy) is 1. The molecule has 2 aliphatic heterocycles. The van der Waals surface area contributed by atoms with Gasteiger partial charge in [0.1, 0.15) is 0 Å². The van der Waals surface area contributed by atoms with E-state index in [4.69, 9.17) is 4.74 Å². The van der Waals surface area contributed by atoms with Crippen LogP contribution < -0.4 is 5.32 Å². The lowest BCUT2D eigenvalue weighted by Gasteiger charge is -2.26. The normalized spacial score (nSPS) is 39.2. The second kappa shape index (κ2) is 5.28. The summed E-state index contributed by atoms with van der Waals surface area (Å²) in [7, 11) is 0. The van der Waals surface area contributed by atoms with Gasteiger partial charge < -0.3 is 15.0 Å². The van der Waals surface area contributed by atoms with Gasteiger partial charge in [-0.2, -0.15) is 0 Å². The Kier molecular flexibility index (Phi) is 4.00. The molecule has 3 heteroatoms. The van der Waals surface area contributed by atoms with Crippen molar-refractivity contribution in [2.24, 2.45) is 11.8 Å². The summed E-state index contributed by atoms with van der Waals surface area (Å²) in [4.78, 5) is 2.59. The molecule has 0 saturated carbocycles. The first-order chi connectivity index (χ1) is 7.25. The molecule has 3 atom stereocenters. The molecule has 2 heterocycles. The molecular formula is C12H24N2O. The zero-order valence-electron chi connectivity index (χ0n) is 10.0. The van der Waals surface area contributed by atoms with Gasteiger partial charge in [-0.1, -0.05) is 6.92 Å². The first-order valence-electron chi connectivity index (χ1n) is 6.30. The van der Waals surface area contributed by atoms with Crippen molar-refractivity contribution in [2.75, 3.05) is 39.3 Å². The van der Waals surface area contributed by atoms with E-state index in [-0.39, 0.29) is 0 Å². The van der Waals surface area contributed by atoms with E-state index in [1.54, 1.807) is 0 Å². The van der Waals surface area contributed by atoms with E-state index >= 15 is 0 Å². The van der Waals surface area contributed by atoms with E-state index in [0.717, 1.165) is 25.0 Å². The first-order valence-corrected chi connectivity index (χ1v) is 6.30. The van der Waals surface area contributed by atoms with Crippen LogP contribution >= 0.6 is 0 Å². The SMILES string of the molecule is CC1CN(C[C@@H]2CNC[C@H]2C)CCCO1. The molecule has 0 aromatic carbocycles. The highest BCUT2D eigenvalue weighted by atomic mass is 16.5. The Morgan fingerprint density at radius 2 is 2.20 bits per heavy atom. The van der Waals surface area contributed by atoms with Gasteiger partial charge in [0.2, 0.25) is 0 Å². The van der Waals surface area contributed by atoms with Crippen LogP contribution in [0.5, 0.6) is 0 Å². The fraction of sp³-hybridized carbons (Fsp3) is 1.00. The summed E-state index contributed by atoms with van der Waals surface area (Å²) in [6.07, 6.45) is 1.61. The first kappa shape index (κ1) is 11.4. The monoisotopic (exact) mass is 212 g/mol. The molecule has 1 N–H and O–H groups in total. The van der Waals surface area contributed by atoms with Crippen molar-refractivity contribution in [1.29, 1.82) is 0 Å². The van der Waals surface area contributed by atoms with Crippen molar-refractivity contribution >= 4 is 0 Å². The Morgan fingerprint density at radius 1 is 1.33 bits per heavy atom. The van der Waals surface area contributed by atoms with E-state index in [9.17, 15) is 0 Å². The predicted octanol–water partition coefficient (Wildman–Crippen LogP) is 0.953. The van der Waals surface area contributed by atoms with Crippen LogP contribution in [0.4, 0.5) is 0 Å². The summed E-state index contributed by atoms with van der Waals surface area (Å²) >= 11 is 0. The predicted molar refractivity (Wildman–Crippen MR) is 62.0 cm³/mol. The number of rotatable bonds is 2. The van der Waals surface area contributed by atoms with Crippen LogP contribution in [0.1, 0.15) is 20.3 Å². The summed E-state index contributed by atoms with van der Waals surface area (Å²) in [5.41, 5.74) is 0. The third-order valence-electron chi connectivity index (χ3n) is 3.71. The van der Waals surface area contributed by atoms with Crippen molar-refractivity contribution in [1.82, 2.24) is 10.2 Å². The summed E-state index contributed by atoms with van der Waals surface area (Å²) in [6, 6.07) is 0. The van der Waals surface area contributed by atoms with Crippen LogP contribution in [0.25, 0.3) is 0 Å². The Balaban J connectivity index is 1.81. The van der Waals surface area contributed by atoms with Crippen molar-refractivity contribution in [3.8, 4) is 0 Å². The molecule has 15 heavy (non-hydrogen) atoms. The minimum Gasteiger partial charge on any atom is -0.377 e. The van der Waals surface area contributed by atoms with Crippen molar-refractivity contribution < 1.29 is 4.74 Å². The van der Waals surface area contributed by atoms with Crippen LogP contribution in [0.2, 0.25) is 0 Å². The molecular weight excluding hydrogens is 188 g/mol. The quantitative estimate of drug-likeness (QED) is 0.737. The molecule has 88 valence electrons. The van der Waals surface area contributed by atoms with Crippen LogP contribution in [0.15, 0.2) is 0 Å². The van der Waals surface area contributed by atoms with Gasteiger partial charge >= 0.3 is 0 Å². The van der Waals surface area contributed by atoms with Crippen LogP contribution in [-0.2, 0) is 4.74 Å². The molecule has 2 rings (SSSR count). The lowest BCUT2D eigenvalue weighted by atomic mass is 9.97. The lowest BCUT2D eigenvalue weighted by Crippen LogP contribution is -2.36. The third-order valence-corrected chi connectivity index (χ3v) is 3.71. The number of nitrogens with one attached hydrogen (secondary N) is 1. The summed E-state index contributed by atoms with van der Waals surface area (Å²) < 4.78 is 5.67. The largest absolute Gasteiger partial charge is 0.377 e. The third kappa shape index (κ3) is 3.16. The number of nitrogens with zero attached hydrogens (tertiary/aromatic N) is 1. The number of hydrogen-bond acceptors (Lipinski definition) is 3. The molecule has 2 fully saturated rings. The van der Waals surface area contributed by atoms with Gasteiger partial charge in [-0.3, -0.25) is 0 Å².